The summed E-state index contributed by atoms with van der Waals surface area (Å²) >= 11 is 0. The number of para-hydroxylation sites is 1. The molecule has 4 nitrogen and oxygen atoms in total. The fraction of sp³-hybridized carbons (Fsp3) is 0.350. The number of benzene rings is 2. The lowest BCUT2D eigenvalue weighted by atomic mass is 10.1. The van der Waals surface area contributed by atoms with Gasteiger partial charge in [0.25, 0.3) is 0 Å². The molecule has 0 spiro atoms. The number of amides is 2. The normalized spacial score (nSPS) is 17.6. The molecular formula is C20H25N3O. The van der Waals surface area contributed by atoms with Gasteiger partial charge in [0.15, 0.2) is 0 Å². The Labute approximate surface area is 143 Å². The summed E-state index contributed by atoms with van der Waals surface area (Å²) in [5, 5.41) is 5.85. The minimum Gasteiger partial charge on any atom is -0.338 e. The van der Waals surface area contributed by atoms with Crippen molar-refractivity contribution in [2.75, 3.05) is 31.5 Å². The zero-order chi connectivity index (χ0) is 16.6. The third kappa shape index (κ3) is 5.10. The van der Waals surface area contributed by atoms with Crippen LogP contribution in [-0.2, 0) is 6.42 Å². The Morgan fingerprint density at radius 2 is 1.75 bits per heavy atom. The molecule has 0 aliphatic carbocycles. The first-order valence-electron chi connectivity index (χ1n) is 8.66. The third-order valence-electron chi connectivity index (χ3n) is 4.51. The molecule has 0 aromatic heterocycles. The van der Waals surface area contributed by atoms with Gasteiger partial charge in [-0.3, -0.25) is 0 Å². The van der Waals surface area contributed by atoms with Gasteiger partial charge >= 0.3 is 6.03 Å². The number of carbonyl (C=O) groups excluding carboxylic acids is 1. The predicted octanol–water partition coefficient (Wildman–Crippen LogP) is 3.37. The predicted molar refractivity (Wildman–Crippen MR) is 98.2 cm³/mol. The van der Waals surface area contributed by atoms with Crippen molar-refractivity contribution >= 4 is 11.7 Å². The first kappa shape index (κ1) is 16.5. The number of nitrogens with zero attached hydrogens (tertiary/aromatic N) is 1. The lowest BCUT2D eigenvalue weighted by Gasteiger charge is -2.16. The smallest absolute Gasteiger partial charge is 0.319 e. The van der Waals surface area contributed by atoms with E-state index in [4.69, 9.17) is 0 Å². The van der Waals surface area contributed by atoms with Gasteiger partial charge in [0.1, 0.15) is 0 Å². The quantitative estimate of drug-likeness (QED) is 0.856. The van der Waals surface area contributed by atoms with Crippen LogP contribution in [-0.4, -0.2) is 37.1 Å². The standard InChI is InChI=1S/C20H25N3O/c24-20(22-19-9-5-2-6-10-19)21-15-18-12-14-23(16-18)13-11-17-7-3-1-4-8-17/h1-10,18H,11-16H2,(H2,21,22,24). The van der Waals surface area contributed by atoms with E-state index in [2.05, 4.69) is 45.9 Å². The van der Waals surface area contributed by atoms with Gasteiger partial charge < -0.3 is 15.5 Å². The van der Waals surface area contributed by atoms with E-state index in [1.54, 1.807) is 0 Å². The number of urea groups is 1. The van der Waals surface area contributed by atoms with Gasteiger partial charge in [-0.05, 0) is 43.0 Å². The van der Waals surface area contributed by atoms with Crippen LogP contribution in [0.2, 0.25) is 0 Å². The van der Waals surface area contributed by atoms with E-state index >= 15 is 0 Å². The minimum atomic E-state index is -0.121. The molecule has 1 aliphatic rings. The molecule has 4 heteroatoms. The highest BCUT2D eigenvalue weighted by molar-refractivity contribution is 5.89. The van der Waals surface area contributed by atoms with Gasteiger partial charge in [0, 0.05) is 25.3 Å². The van der Waals surface area contributed by atoms with Crippen LogP contribution in [0.3, 0.4) is 0 Å². The molecule has 1 fully saturated rings. The molecule has 2 aromatic carbocycles. The summed E-state index contributed by atoms with van der Waals surface area (Å²) in [5.41, 5.74) is 2.22. The summed E-state index contributed by atoms with van der Waals surface area (Å²) < 4.78 is 0. The number of anilines is 1. The molecule has 1 atom stereocenters. The average Bonchev–Trinajstić information content (AvgIpc) is 3.08. The number of likely N-dealkylation sites (tertiary alicyclic amines) is 1. The maximum Gasteiger partial charge on any atom is 0.319 e. The summed E-state index contributed by atoms with van der Waals surface area (Å²) in [5.74, 6) is 0.544. The highest BCUT2D eigenvalue weighted by Gasteiger charge is 2.22. The first-order chi connectivity index (χ1) is 11.8. The van der Waals surface area contributed by atoms with Crippen LogP contribution >= 0.6 is 0 Å². The Balaban J connectivity index is 1.35. The van der Waals surface area contributed by atoms with Crippen molar-refractivity contribution in [3.63, 3.8) is 0 Å². The number of rotatable bonds is 6. The van der Waals surface area contributed by atoms with Crippen molar-refractivity contribution in [1.82, 2.24) is 10.2 Å². The third-order valence-corrected chi connectivity index (χ3v) is 4.51. The van der Waals surface area contributed by atoms with Crippen LogP contribution in [0.4, 0.5) is 10.5 Å². The van der Waals surface area contributed by atoms with Crippen LogP contribution < -0.4 is 10.6 Å². The van der Waals surface area contributed by atoms with Gasteiger partial charge in [-0.1, -0.05) is 48.5 Å². The average molecular weight is 323 g/mol. The van der Waals surface area contributed by atoms with Crippen LogP contribution in [0.15, 0.2) is 60.7 Å². The number of hydrogen-bond donors (Lipinski definition) is 2. The molecule has 3 rings (SSSR count). The number of nitrogens with one attached hydrogen (secondary N) is 2. The molecule has 2 amide bonds. The largest absolute Gasteiger partial charge is 0.338 e. The molecular weight excluding hydrogens is 298 g/mol. The van der Waals surface area contributed by atoms with Crippen molar-refractivity contribution in [2.24, 2.45) is 5.92 Å². The van der Waals surface area contributed by atoms with Crippen molar-refractivity contribution in [3.05, 3.63) is 66.2 Å². The van der Waals surface area contributed by atoms with Gasteiger partial charge in [-0.2, -0.15) is 0 Å². The lowest BCUT2D eigenvalue weighted by Crippen LogP contribution is -2.34. The number of carbonyl (C=O) groups is 1. The van der Waals surface area contributed by atoms with Crippen LogP contribution in [0.1, 0.15) is 12.0 Å². The zero-order valence-electron chi connectivity index (χ0n) is 13.9. The Kier molecular flexibility index (Phi) is 5.85. The second-order valence-electron chi connectivity index (χ2n) is 6.39. The van der Waals surface area contributed by atoms with Gasteiger partial charge in [-0.25, -0.2) is 4.79 Å². The Hall–Kier alpha value is -2.33. The fourth-order valence-electron chi connectivity index (χ4n) is 3.15. The summed E-state index contributed by atoms with van der Waals surface area (Å²) in [4.78, 5) is 14.4. The van der Waals surface area contributed by atoms with E-state index in [0.717, 1.165) is 44.7 Å². The summed E-state index contributed by atoms with van der Waals surface area (Å²) in [6.07, 6.45) is 2.25. The van der Waals surface area contributed by atoms with E-state index in [1.807, 2.05) is 30.3 Å². The minimum absolute atomic E-state index is 0.121. The van der Waals surface area contributed by atoms with E-state index in [0.29, 0.717) is 5.92 Å². The first-order valence-corrected chi connectivity index (χ1v) is 8.66. The monoisotopic (exact) mass is 323 g/mol. The zero-order valence-corrected chi connectivity index (χ0v) is 13.9. The molecule has 24 heavy (non-hydrogen) atoms. The second kappa shape index (κ2) is 8.50. The van der Waals surface area contributed by atoms with E-state index in [9.17, 15) is 4.79 Å². The Morgan fingerprint density at radius 1 is 1.04 bits per heavy atom. The lowest BCUT2D eigenvalue weighted by molar-refractivity contribution is 0.249. The van der Waals surface area contributed by atoms with E-state index in [-0.39, 0.29) is 6.03 Å². The van der Waals surface area contributed by atoms with Gasteiger partial charge in [-0.15, -0.1) is 0 Å². The van der Waals surface area contributed by atoms with E-state index in [1.165, 1.54) is 5.56 Å². The van der Waals surface area contributed by atoms with Crippen LogP contribution in [0.25, 0.3) is 0 Å². The van der Waals surface area contributed by atoms with Gasteiger partial charge in [0.2, 0.25) is 0 Å². The molecule has 0 radical (unpaired) electrons. The summed E-state index contributed by atoms with van der Waals surface area (Å²) in [6, 6.07) is 20.0. The maximum absolute atomic E-state index is 11.9. The Morgan fingerprint density at radius 3 is 2.50 bits per heavy atom. The SMILES string of the molecule is O=C(NCC1CCN(CCc2ccccc2)C1)Nc1ccccc1. The summed E-state index contributed by atoms with van der Waals surface area (Å²) in [7, 11) is 0. The summed E-state index contributed by atoms with van der Waals surface area (Å²) in [6.45, 7) is 4.02. The highest BCUT2D eigenvalue weighted by Crippen LogP contribution is 2.16. The molecule has 2 N–H and O–H groups in total. The molecule has 1 unspecified atom stereocenters. The number of hydrogen-bond acceptors (Lipinski definition) is 2. The van der Waals surface area contributed by atoms with Crippen molar-refractivity contribution in [2.45, 2.75) is 12.8 Å². The van der Waals surface area contributed by atoms with Crippen molar-refractivity contribution in [1.29, 1.82) is 0 Å². The molecule has 126 valence electrons. The van der Waals surface area contributed by atoms with Gasteiger partial charge in [0.05, 0.1) is 0 Å². The fourth-order valence-corrected chi connectivity index (χ4v) is 3.15. The molecule has 1 saturated heterocycles. The Bertz CT molecular complexity index is 630. The van der Waals surface area contributed by atoms with E-state index < -0.39 is 0 Å². The topological polar surface area (TPSA) is 44.4 Å². The highest BCUT2D eigenvalue weighted by atomic mass is 16.2. The molecule has 1 aliphatic heterocycles. The van der Waals surface area contributed by atoms with Crippen LogP contribution in [0.5, 0.6) is 0 Å². The molecule has 0 saturated carbocycles. The molecule has 0 bridgehead atoms. The second-order valence-corrected chi connectivity index (χ2v) is 6.39. The molecule has 2 aromatic rings. The van der Waals surface area contributed by atoms with Crippen molar-refractivity contribution < 1.29 is 4.79 Å². The van der Waals surface area contributed by atoms with Crippen LogP contribution in [0, 0.1) is 5.92 Å². The molecule has 1 heterocycles. The van der Waals surface area contributed by atoms with Crippen molar-refractivity contribution in [3.8, 4) is 0 Å². The maximum atomic E-state index is 11.9.